The molecule has 0 saturated carbocycles. The van der Waals surface area contributed by atoms with E-state index in [0.717, 1.165) is 24.5 Å². The van der Waals surface area contributed by atoms with E-state index in [0.29, 0.717) is 11.4 Å². The number of aromatic nitrogens is 1. The van der Waals surface area contributed by atoms with Gasteiger partial charge in [0, 0.05) is 36.3 Å². The Labute approximate surface area is 165 Å². The Hall–Kier alpha value is -3.34. The van der Waals surface area contributed by atoms with E-state index in [-0.39, 0.29) is 5.91 Å². The third kappa shape index (κ3) is 4.49. The minimum absolute atomic E-state index is 0.170. The van der Waals surface area contributed by atoms with Gasteiger partial charge in [-0.1, -0.05) is 18.2 Å². The summed E-state index contributed by atoms with van der Waals surface area (Å²) in [7, 11) is 0. The maximum Gasteiger partial charge on any atom is 0.257 e. The smallest absolute Gasteiger partial charge is 0.257 e. The van der Waals surface area contributed by atoms with Crippen LogP contribution in [0.5, 0.6) is 0 Å². The number of nitrogens with zero attached hydrogens (tertiary/aromatic N) is 2. The Morgan fingerprint density at radius 3 is 2.25 bits per heavy atom. The van der Waals surface area contributed by atoms with Crippen LogP contribution in [0.3, 0.4) is 0 Å². The number of pyridine rings is 1. The molecule has 5 nitrogen and oxygen atoms in total. The molecule has 1 aliphatic rings. The van der Waals surface area contributed by atoms with Crippen molar-refractivity contribution in [3.63, 3.8) is 0 Å². The summed E-state index contributed by atoms with van der Waals surface area (Å²) in [6.07, 6.45) is 5.46. The van der Waals surface area contributed by atoms with Crippen molar-refractivity contribution in [2.75, 3.05) is 28.6 Å². The first-order valence-electron chi connectivity index (χ1n) is 9.72. The van der Waals surface area contributed by atoms with Gasteiger partial charge >= 0.3 is 0 Å². The van der Waals surface area contributed by atoms with E-state index in [1.165, 1.54) is 24.9 Å². The molecule has 5 heteroatoms. The van der Waals surface area contributed by atoms with Crippen LogP contribution in [0, 0.1) is 0 Å². The third-order valence-corrected chi connectivity index (χ3v) is 4.92. The largest absolute Gasteiger partial charge is 0.372 e. The van der Waals surface area contributed by atoms with E-state index in [4.69, 9.17) is 0 Å². The minimum Gasteiger partial charge on any atom is -0.372 e. The van der Waals surface area contributed by atoms with Crippen molar-refractivity contribution in [1.29, 1.82) is 0 Å². The molecule has 1 fully saturated rings. The zero-order chi connectivity index (χ0) is 19.2. The highest BCUT2D eigenvalue weighted by Gasteiger charge is 2.11. The highest BCUT2D eigenvalue weighted by Crippen LogP contribution is 2.23. The van der Waals surface area contributed by atoms with Gasteiger partial charge in [-0.25, -0.2) is 4.98 Å². The van der Waals surface area contributed by atoms with E-state index < -0.39 is 0 Å². The lowest BCUT2D eigenvalue weighted by Crippen LogP contribution is -2.29. The van der Waals surface area contributed by atoms with Gasteiger partial charge in [0.15, 0.2) is 0 Å². The van der Waals surface area contributed by atoms with Crippen LogP contribution in [-0.2, 0) is 0 Å². The highest BCUT2D eigenvalue weighted by atomic mass is 16.1. The van der Waals surface area contributed by atoms with E-state index in [1.807, 2.05) is 36.4 Å². The van der Waals surface area contributed by atoms with E-state index in [9.17, 15) is 4.79 Å². The molecule has 0 radical (unpaired) electrons. The van der Waals surface area contributed by atoms with Gasteiger partial charge < -0.3 is 15.5 Å². The Bertz CT molecular complexity index is 902. The van der Waals surface area contributed by atoms with E-state index in [2.05, 4.69) is 44.8 Å². The predicted molar refractivity (Wildman–Crippen MR) is 114 cm³/mol. The molecular formula is C23H24N4O. The zero-order valence-electron chi connectivity index (χ0n) is 15.8. The molecule has 1 amide bonds. The number of benzene rings is 2. The number of hydrogen-bond acceptors (Lipinski definition) is 4. The average molecular weight is 372 g/mol. The zero-order valence-corrected chi connectivity index (χ0v) is 15.8. The van der Waals surface area contributed by atoms with Crippen molar-refractivity contribution in [2.45, 2.75) is 19.3 Å². The Balaban J connectivity index is 1.37. The lowest BCUT2D eigenvalue weighted by Gasteiger charge is -2.28. The molecule has 2 heterocycles. The first kappa shape index (κ1) is 18.0. The quantitative estimate of drug-likeness (QED) is 0.657. The molecule has 2 aromatic carbocycles. The number of amides is 1. The van der Waals surface area contributed by atoms with Crippen LogP contribution in [-0.4, -0.2) is 24.0 Å². The normalized spacial score (nSPS) is 13.8. The standard InChI is InChI=1S/C23H24N4O/c28-23(26-19-7-3-1-4-8-19)18-9-14-22(24-17-18)25-20-10-12-21(13-11-20)27-15-5-2-6-16-27/h1,3-4,7-14,17H,2,5-6,15-16H2,(H,24,25)(H,26,28). The predicted octanol–water partition coefficient (Wildman–Crippen LogP) is 5.07. The second-order valence-electron chi connectivity index (χ2n) is 6.97. The van der Waals surface area contributed by atoms with Gasteiger partial charge in [0.2, 0.25) is 0 Å². The number of nitrogens with one attached hydrogen (secondary N) is 2. The fraction of sp³-hybridized carbons (Fsp3) is 0.217. The van der Waals surface area contributed by atoms with Crippen LogP contribution in [0.1, 0.15) is 29.6 Å². The van der Waals surface area contributed by atoms with Crippen LogP contribution < -0.4 is 15.5 Å². The summed E-state index contributed by atoms with van der Waals surface area (Å²) < 4.78 is 0. The van der Waals surface area contributed by atoms with Crippen LogP contribution >= 0.6 is 0 Å². The lowest BCUT2D eigenvalue weighted by atomic mass is 10.1. The van der Waals surface area contributed by atoms with Gasteiger partial charge in [0.05, 0.1) is 5.56 Å². The second kappa shape index (κ2) is 8.57. The fourth-order valence-electron chi connectivity index (χ4n) is 3.38. The van der Waals surface area contributed by atoms with Gasteiger partial charge in [0.1, 0.15) is 5.82 Å². The first-order chi connectivity index (χ1) is 13.8. The van der Waals surface area contributed by atoms with Crippen LogP contribution in [0.4, 0.5) is 22.9 Å². The molecule has 142 valence electrons. The molecular weight excluding hydrogens is 348 g/mol. The molecule has 0 bridgehead atoms. The molecule has 1 aromatic heterocycles. The molecule has 2 N–H and O–H groups in total. The second-order valence-corrected chi connectivity index (χ2v) is 6.97. The molecule has 0 aliphatic carbocycles. The molecule has 28 heavy (non-hydrogen) atoms. The van der Waals surface area contributed by atoms with Crippen LogP contribution in [0.15, 0.2) is 72.9 Å². The molecule has 3 aromatic rings. The van der Waals surface area contributed by atoms with Crippen molar-refractivity contribution >= 4 is 28.8 Å². The first-order valence-corrected chi connectivity index (χ1v) is 9.72. The van der Waals surface area contributed by atoms with Crippen LogP contribution in [0.25, 0.3) is 0 Å². The number of para-hydroxylation sites is 1. The molecule has 0 spiro atoms. The van der Waals surface area contributed by atoms with Crippen molar-refractivity contribution in [3.8, 4) is 0 Å². The summed E-state index contributed by atoms with van der Waals surface area (Å²) >= 11 is 0. The summed E-state index contributed by atoms with van der Waals surface area (Å²) in [5.74, 6) is 0.540. The summed E-state index contributed by atoms with van der Waals surface area (Å²) in [6, 6.07) is 21.4. The molecule has 1 aliphatic heterocycles. The maximum absolute atomic E-state index is 12.3. The highest BCUT2D eigenvalue weighted by molar-refractivity contribution is 6.04. The number of carbonyl (C=O) groups is 1. The van der Waals surface area contributed by atoms with Crippen molar-refractivity contribution in [2.24, 2.45) is 0 Å². The van der Waals surface area contributed by atoms with Crippen molar-refractivity contribution in [1.82, 2.24) is 4.98 Å². The number of carbonyl (C=O) groups excluding carboxylic acids is 1. The van der Waals surface area contributed by atoms with Crippen molar-refractivity contribution in [3.05, 3.63) is 78.5 Å². The van der Waals surface area contributed by atoms with E-state index in [1.54, 1.807) is 12.3 Å². The van der Waals surface area contributed by atoms with Gasteiger partial charge in [0.25, 0.3) is 5.91 Å². The fourth-order valence-corrected chi connectivity index (χ4v) is 3.38. The van der Waals surface area contributed by atoms with Gasteiger partial charge in [-0.3, -0.25) is 4.79 Å². The van der Waals surface area contributed by atoms with Crippen LogP contribution in [0.2, 0.25) is 0 Å². The monoisotopic (exact) mass is 372 g/mol. The number of anilines is 4. The van der Waals surface area contributed by atoms with Gasteiger partial charge in [-0.2, -0.15) is 0 Å². The van der Waals surface area contributed by atoms with Gasteiger partial charge in [-0.15, -0.1) is 0 Å². The minimum atomic E-state index is -0.170. The molecule has 0 atom stereocenters. The maximum atomic E-state index is 12.3. The number of hydrogen-bond donors (Lipinski definition) is 2. The average Bonchev–Trinajstić information content (AvgIpc) is 2.76. The lowest BCUT2D eigenvalue weighted by molar-refractivity contribution is 0.102. The number of rotatable bonds is 5. The van der Waals surface area contributed by atoms with E-state index >= 15 is 0 Å². The topological polar surface area (TPSA) is 57.3 Å². The Morgan fingerprint density at radius 1 is 0.821 bits per heavy atom. The SMILES string of the molecule is O=C(Nc1ccccc1)c1ccc(Nc2ccc(N3CCCCC3)cc2)nc1. The molecule has 4 rings (SSSR count). The molecule has 0 unspecified atom stereocenters. The number of piperidine rings is 1. The summed E-state index contributed by atoms with van der Waals surface area (Å²) in [5.41, 5.74) is 3.54. The summed E-state index contributed by atoms with van der Waals surface area (Å²) in [4.78, 5) is 19.1. The molecule has 1 saturated heterocycles. The third-order valence-electron chi connectivity index (χ3n) is 4.92. The summed E-state index contributed by atoms with van der Waals surface area (Å²) in [6.45, 7) is 2.28. The van der Waals surface area contributed by atoms with Crippen molar-refractivity contribution < 1.29 is 4.79 Å². The van der Waals surface area contributed by atoms with Gasteiger partial charge in [-0.05, 0) is 67.8 Å². The Morgan fingerprint density at radius 2 is 1.57 bits per heavy atom. The Kier molecular flexibility index (Phi) is 5.52. The summed E-state index contributed by atoms with van der Waals surface area (Å²) in [5, 5.41) is 6.15.